The van der Waals surface area contributed by atoms with E-state index in [4.69, 9.17) is 11.6 Å². The fourth-order valence-corrected chi connectivity index (χ4v) is 2.57. The molecule has 3 aromatic rings. The number of aliphatic hydroxyl groups excluding tert-OH is 1. The van der Waals surface area contributed by atoms with Crippen LogP contribution in [0, 0.1) is 5.82 Å². The summed E-state index contributed by atoms with van der Waals surface area (Å²) in [5.41, 5.74) is 2.21. The van der Waals surface area contributed by atoms with Crippen molar-refractivity contribution in [2.45, 2.75) is 13.0 Å². The quantitative estimate of drug-likeness (QED) is 0.739. The molecule has 1 aromatic heterocycles. The van der Waals surface area contributed by atoms with Gasteiger partial charge in [-0.05, 0) is 43.3 Å². The molecule has 20 heavy (non-hydrogen) atoms. The monoisotopic (exact) mass is 289 g/mol. The van der Waals surface area contributed by atoms with Crippen LogP contribution in [0.15, 0.2) is 48.5 Å². The molecule has 0 amide bonds. The SMILES string of the molecule is CC(O)c1cc2ccc(Cl)cc2n1-c1cccc(F)c1. The Labute approximate surface area is 121 Å². The Kier molecular flexibility index (Phi) is 3.24. The van der Waals surface area contributed by atoms with Crippen LogP contribution >= 0.6 is 11.6 Å². The first kappa shape index (κ1) is 13.2. The van der Waals surface area contributed by atoms with Crippen LogP contribution in [0.3, 0.4) is 0 Å². The van der Waals surface area contributed by atoms with E-state index in [-0.39, 0.29) is 5.82 Å². The van der Waals surface area contributed by atoms with Gasteiger partial charge in [-0.1, -0.05) is 23.7 Å². The zero-order chi connectivity index (χ0) is 14.3. The lowest BCUT2D eigenvalue weighted by molar-refractivity contribution is 0.193. The molecule has 1 heterocycles. The van der Waals surface area contributed by atoms with Crippen LogP contribution in [-0.2, 0) is 0 Å². The topological polar surface area (TPSA) is 25.2 Å². The fourth-order valence-electron chi connectivity index (χ4n) is 2.41. The van der Waals surface area contributed by atoms with Crippen LogP contribution in [0.2, 0.25) is 5.02 Å². The molecular formula is C16H13ClFNO. The molecule has 1 unspecified atom stereocenters. The van der Waals surface area contributed by atoms with E-state index in [0.717, 1.165) is 10.9 Å². The van der Waals surface area contributed by atoms with E-state index in [2.05, 4.69) is 0 Å². The van der Waals surface area contributed by atoms with Gasteiger partial charge in [0.15, 0.2) is 0 Å². The van der Waals surface area contributed by atoms with E-state index >= 15 is 0 Å². The highest BCUT2D eigenvalue weighted by atomic mass is 35.5. The summed E-state index contributed by atoms with van der Waals surface area (Å²) >= 11 is 6.05. The summed E-state index contributed by atoms with van der Waals surface area (Å²) < 4.78 is 15.3. The molecule has 2 aromatic carbocycles. The van der Waals surface area contributed by atoms with E-state index in [1.54, 1.807) is 25.1 Å². The van der Waals surface area contributed by atoms with Crippen molar-refractivity contribution in [3.63, 3.8) is 0 Å². The summed E-state index contributed by atoms with van der Waals surface area (Å²) in [5, 5.41) is 11.5. The van der Waals surface area contributed by atoms with Crippen molar-refractivity contribution < 1.29 is 9.50 Å². The first-order valence-corrected chi connectivity index (χ1v) is 6.69. The molecule has 1 N–H and O–H groups in total. The maximum atomic E-state index is 13.5. The number of nitrogens with zero attached hydrogens (tertiary/aromatic N) is 1. The Balaban J connectivity index is 2.36. The average molecular weight is 290 g/mol. The predicted molar refractivity (Wildman–Crippen MR) is 78.9 cm³/mol. The highest BCUT2D eigenvalue weighted by molar-refractivity contribution is 6.31. The maximum absolute atomic E-state index is 13.5. The van der Waals surface area contributed by atoms with E-state index in [1.165, 1.54) is 12.1 Å². The van der Waals surface area contributed by atoms with E-state index in [1.807, 2.05) is 22.8 Å². The summed E-state index contributed by atoms with van der Waals surface area (Å²) in [6.45, 7) is 1.69. The molecule has 0 bridgehead atoms. The maximum Gasteiger partial charge on any atom is 0.125 e. The number of rotatable bonds is 2. The van der Waals surface area contributed by atoms with Gasteiger partial charge in [-0.3, -0.25) is 0 Å². The highest BCUT2D eigenvalue weighted by Crippen LogP contribution is 2.30. The van der Waals surface area contributed by atoms with Crippen molar-refractivity contribution in [1.29, 1.82) is 0 Å². The first-order chi connectivity index (χ1) is 9.56. The van der Waals surface area contributed by atoms with Gasteiger partial charge < -0.3 is 9.67 Å². The van der Waals surface area contributed by atoms with Crippen LogP contribution in [0.5, 0.6) is 0 Å². The first-order valence-electron chi connectivity index (χ1n) is 6.31. The summed E-state index contributed by atoms with van der Waals surface area (Å²) in [6, 6.07) is 13.7. The van der Waals surface area contributed by atoms with Crippen LogP contribution in [0.4, 0.5) is 4.39 Å². The normalized spacial score (nSPS) is 12.8. The van der Waals surface area contributed by atoms with Gasteiger partial charge in [-0.25, -0.2) is 4.39 Å². The second-order valence-electron chi connectivity index (χ2n) is 4.76. The minimum absolute atomic E-state index is 0.317. The van der Waals surface area contributed by atoms with E-state index < -0.39 is 6.10 Å². The molecule has 0 fully saturated rings. The summed E-state index contributed by atoms with van der Waals surface area (Å²) in [7, 11) is 0. The Hall–Kier alpha value is -1.84. The van der Waals surface area contributed by atoms with Gasteiger partial charge in [0.25, 0.3) is 0 Å². The van der Waals surface area contributed by atoms with Crippen molar-refractivity contribution in [3.05, 3.63) is 65.1 Å². The molecule has 0 radical (unpaired) electrons. The average Bonchev–Trinajstić information content (AvgIpc) is 2.77. The lowest BCUT2D eigenvalue weighted by Crippen LogP contribution is -2.03. The second-order valence-corrected chi connectivity index (χ2v) is 5.20. The van der Waals surface area contributed by atoms with Crippen molar-refractivity contribution in [1.82, 2.24) is 4.57 Å². The van der Waals surface area contributed by atoms with Gasteiger partial charge in [0.2, 0.25) is 0 Å². The van der Waals surface area contributed by atoms with Crippen molar-refractivity contribution >= 4 is 22.5 Å². The van der Waals surface area contributed by atoms with Gasteiger partial charge in [0, 0.05) is 16.1 Å². The smallest absolute Gasteiger partial charge is 0.125 e. The standard InChI is InChI=1S/C16H13ClFNO/c1-10(20)15-7-11-5-6-12(17)8-16(11)19(15)14-4-2-3-13(18)9-14/h2-10,20H,1H3. The van der Waals surface area contributed by atoms with Gasteiger partial charge in [0.1, 0.15) is 5.82 Å². The van der Waals surface area contributed by atoms with Gasteiger partial charge in [0.05, 0.1) is 17.3 Å². The molecule has 1 atom stereocenters. The number of fused-ring (bicyclic) bond motifs is 1. The zero-order valence-corrected chi connectivity index (χ0v) is 11.6. The molecule has 2 nitrogen and oxygen atoms in total. The Bertz CT molecular complexity index is 779. The van der Waals surface area contributed by atoms with Crippen LogP contribution in [0.25, 0.3) is 16.6 Å². The zero-order valence-electron chi connectivity index (χ0n) is 10.8. The van der Waals surface area contributed by atoms with E-state index in [9.17, 15) is 9.50 Å². The Morgan fingerprint density at radius 2 is 1.95 bits per heavy atom. The van der Waals surface area contributed by atoms with Crippen LogP contribution in [0.1, 0.15) is 18.7 Å². The predicted octanol–water partition coefficient (Wildman–Crippen LogP) is 4.48. The fraction of sp³-hybridized carbons (Fsp3) is 0.125. The van der Waals surface area contributed by atoms with Crippen molar-refractivity contribution in [2.75, 3.05) is 0 Å². The number of aromatic nitrogens is 1. The summed E-state index contributed by atoms with van der Waals surface area (Å²) in [5.74, 6) is -0.317. The van der Waals surface area contributed by atoms with Gasteiger partial charge in [-0.15, -0.1) is 0 Å². The van der Waals surface area contributed by atoms with Crippen molar-refractivity contribution in [2.24, 2.45) is 0 Å². The molecule has 3 rings (SSSR count). The molecule has 102 valence electrons. The number of halogens is 2. The second kappa shape index (κ2) is 4.93. The summed E-state index contributed by atoms with van der Waals surface area (Å²) in [6.07, 6.45) is -0.663. The largest absolute Gasteiger partial charge is 0.387 e. The molecule has 0 saturated carbocycles. The lowest BCUT2D eigenvalue weighted by Gasteiger charge is -2.13. The third kappa shape index (κ3) is 2.19. The minimum atomic E-state index is -0.663. The number of hydrogen-bond acceptors (Lipinski definition) is 1. The number of benzene rings is 2. The summed E-state index contributed by atoms with van der Waals surface area (Å²) in [4.78, 5) is 0. The molecule has 0 spiro atoms. The highest BCUT2D eigenvalue weighted by Gasteiger charge is 2.15. The molecule has 0 saturated heterocycles. The molecule has 4 heteroatoms. The molecule has 0 aliphatic rings. The van der Waals surface area contributed by atoms with Crippen LogP contribution < -0.4 is 0 Å². The van der Waals surface area contributed by atoms with E-state index in [0.29, 0.717) is 16.4 Å². The molecular weight excluding hydrogens is 277 g/mol. The number of hydrogen-bond donors (Lipinski definition) is 1. The van der Waals surface area contributed by atoms with Gasteiger partial charge in [-0.2, -0.15) is 0 Å². The Morgan fingerprint density at radius 1 is 1.15 bits per heavy atom. The minimum Gasteiger partial charge on any atom is -0.387 e. The molecule has 0 aliphatic carbocycles. The van der Waals surface area contributed by atoms with Gasteiger partial charge >= 0.3 is 0 Å². The molecule has 0 aliphatic heterocycles. The lowest BCUT2D eigenvalue weighted by atomic mass is 10.2. The Morgan fingerprint density at radius 3 is 2.65 bits per heavy atom. The number of aliphatic hydroxyl groups is 1. The third-order valence-corrected chi connectivity index (χ3v) is 3.52. The third-order valence-electron chi connectivity index (χ3n) is 3.29. The van der Waals surface area contributed by atoms with Crippen LogP contribution in [-0.4, -0.2) is 9.67 Å². The van der Waals surface area contributed by atoms with Crippen molar-refractivity contribution in [3.8, 4) is 5.69 Å².